The number of nitrogens with zero attached hydrogens (tertiary/aromatic N) is 3. The van der Waals surface area contributed by atoms with Crippen LogP contribution >= 0.6 is 0 Å². The van der Waals surface area contributed by atoms with Crippen molar-refractivity contribution < 1.29 is 24.0 Å². The number of hydrogen-bond donors (Lipinski definition) is 1. The number of carbonyl (C=O) groups excluding carboxylic acids is 3. The summed E-state index contributed by atoms with van der Waals surface area (Å²) in [6.45, 7) is 2.39. The summed E-state index contributed by atoms with van der Waals surface area (Å²) < 4.78 is 5.45. The number of carbonyl (C=O) groups is 3. The minimum absolute atomic E-state index is 0.0455. The Kier molecular flexibility index (Phi) is 6.63. The molecule has 2 bridgehead atoms. The highest BCUT2D eigenvalue weighted by atomic mass is 16.8. The zero-order valence-corrected chi connectivity index (χ0v) is 21.4. The largest absolute Gasteiger partial charge is 0.362 e. The van der Waals surface area contributed by atoms with Gasteiger partial charge >= 0.3 is 6.03 Å². The fourth-order valence-electron chi connectivity index (χ4n) is 6.17. The van der Waals surface area contributed by atoms with E-state index in [1.54, 1.807) is 13.1 Å². The van der Waals surface area contributed by atoms with Crippen LogP contribution in [0.25, 0.3) is 6.08 Å². The van der Waals surface area contributed by atoms with Crippen molar-refractivity contribution in [2.75, 3.05) is 31.6 Å². The van der Waals surface area contributed by atoms with Crippen molar-refractivity contribution in [3.63, 3.8) is 0 Å². The van der Waals surface area contributed by atoms with Crippen molar-refractivity contribution in [1.29, 1.82) is 0 Å². The monoisotopic (exact) mass is 516 g/mol. The van der Waals surface area contributed by atoms with Gasteiger partial charge in [0.15, 0.2) is 6.29 Å². The van der Waals surface area contributed by atoms with Crippen LogP contribution in [0, 0.1) is 5.92 Å². The number of anilines is 1. The Morgan fingerprint density at radius 2 is 1.92 bits per heavy atom. The van der Waals surface area contributed by atoms with Gasteiger partial charge in [-0.1, -0.05) is 42.5 Å². The Morgan fingerprint density at radius 3 is 2.71 bits per heavy atom. The number of nitrogens with one attached hydrogen (secondary N) is 1. The first-order valence-corrected chi connectivity index (χ1v) is 13.3. The highest BCUT2D eigenvalue weighted by molar-refractivity contribution is 5.99. The van der Waals surface area contributed by atoms with E-state index in [-0.39, 0.29) is 42.0 Å². The van der Waals surface area contributed by atoms with Gasteiger partial charge in [0.05, 0.1) is 12.0 Å². The lowest BCUT2D eigenvalue weighted by Gasteiger charge is -2.48. The van der Waals surface area contributed by atoms with E-state index in [9.17, 15) is 14.4 Å². The molecule has 2 aromatic carbocycles. The predicted octanol–water partition coefficient (Wildman–Crippen LogP) is 3.27. The smallest absolute Gasteiger partial charge is 0.326 e. The van der Waals surface area contributed by atoms with Gasteiger partial charge in [-0.3, -0.25) is 14.5 Å². The lowest BCUT2D eigenvalue weighted by Crippen LogP contribution is -2.64. The minimum atomic E-state index is -0.381. The van der Waals surface area contributed by atoms with Crippen LogP contribution in [0.5, 0.6) is 0 Å². The van der Waals surface area contributed by atoms with E-state index in [1.807, 2.05) is 41.3 Å². The van der Waals surface area contributed by atoms with E-state index in [2.05, 4.69) is 22.5 Å². The molecule has 4 aliphatic rings. The van der Waals surface area contributed by atoms with Crippen LogP contribution in [0.1, 0.15) is 41.9 Å². The molecular weight excluding hydrogens is 484 g/mol. The summed E-state index contributed by atoms with van der Waals surface area (Å²) in [5, 5.41) is 0. The van der Waals surface area contributed by atoms with Gasteiger partial charge in [-0.15, -0.1) is 0 Å². The number of amides is 4. The van der Waals surface area contributed by atoms with Crippen molar-refractivity contribution in [2.24, 2.45) is 5.92 Å². The number of rotatable bonds is 6. The number of hydrogen-bond acceptors (Lipinski definition) is 6. The Labute approximate surface area is 221 Å². The molecule has 4 heterocycles. The van der Waals surface area contributed by atoms with Crippen molar-refractivity contribution >= 4 is 29.6 Å². The first kappa shape index (κ1) is 24.6. The van der Waals surface area contributed by atoms with E-state index in [4.69, 9.17) is 9.57 Å². The zero-order valence-electron chi connectivity index (χ0n) is 21.4. The molecule has 9 heteroatoms. The van der Waals surface area contributed by atoms with Gasteiger partial charge in [-0.25, -0.2) is 15.1 Å². The van der Waals surface area contributed by atoms with Crippen LogP contribution in [0.15, 0.2) is 54.6 Å². The Balaban J connectivity index is 1.14. The fourth-order valence-corrected chi connectivity index (χ4v) is 6.17. The molecule has 0 spiro atoms. The summed E-state index contributed by atoms with van der Waals surface area (Å²) >= 11 is 0. The lowest BCUT2D eigenvalue weighted by molar-refractivity contribution is -0.198. The molecule has 4 atom stereocenters. The van der Waals surface area contributed by atoms with E-state index in [0.29, 0.717) is 26.2 Å². The van der Waals surface area contributed by atoms with E-state index >= 15 is 0 Å². The molecule has 0 aromatic heterocycles. The number of piperidine rings is 1. The third-order valence-corrected chi connectivity index (χ3v) is 8.07. The summed E-state index contributed by atoms with van der Waals surface area (Å²) in [6, 6.07) is 16.2. The highest BCUT2D eigenvalue weighted by Crippen LogP contribution is 2.49. The molecule has 3 saturated heterocycles. The van der Waals surface area contributed by atoms with Crippen molar-refractivity contribution in [3.05, 3.63) is 71.3 Å². The lowest BCUT2D eigenvalue weighted by atomic mass is 9.77. The molecule has 2 aromatic rings. The molecule has 0 saturated carbocycles. The molecule has 198 valence electrons. The molecule has 0 radical (unpaired) electrons. The molecule has 9 nitrogen and oxygen atoms in total. The predicted molar refractivity (Wildman–Crippen MR) is 141 cm³/mol. The van der Waals surface area contributed by atoms with Gasteiger partial charge in [-0.05, 0) is 41.7 Å². The second kappa shape index (κ2) is 10.2. The first-order chi connectivity index (χ1) is 18.5. The van der Waals surface area contributed by atoms with Gasteiger partial charge in [0.1, 0.15) is 0 Å². The number of benzene rings is 2. The number of ether oxygens (including phenoxy) is 1. The molecule has 4 amide bonds. The van der Waals surface area contributed by atoms with Gasteiger partial charge in [0.2, 0.25) is 5.91 Å². The standard InChI is InChI=1S/C29H32N4O5/c1-31-28(35)22-17-32(29(31)36)18-24-27(22)21-6-2-3-7-23(21)33(24)16-20-11-9-19(10-12-20)13-14-25(34)30-38-26-8-4-5-15-37-26/h2-3,6-7,9-14,22,24,26-27H,4-5,8,15-18H2,1H3,(H,30,34)/b14-13+. The number of hydroxylamine groups is 1. The molecule has 0 aliphatic carbocycles. The highest BCUT2D eigenvalue weighted by Gasteiger charge is 2.54. The molecule has 1 N–H and O–H groups in total. The number of para-hydroxylation sites is 1. The van der Waals surface area contributed by atoms with Crippen LogP contribution in [0.3, 0.4) is 0 Å². The summed E-state index contributed by atoms with van der Waals surface area (Å²) in [6.07, 6.45) is 5.63. The Hall–Kier alpha value is -3.69. The van der Waals surface area contributed by atoms with Crippen LogP contribution < -0.4 is 10.4 Å². The van der Waals surface area contributed by atoms with Gasteiger partial charge < -0.3 is 14.5 Å². The Morgan fingerprint density at radius 1 is 1.11 bits per heavy atom. The van der Waals surface area contributed by atoms with Crippen molar-refractivity contribution in [2.45, 2.75) is 44.1 Å². The van der Waals surface area contributed by atoms with E-state index in [1.165, 1.54) is 16.5 Å². The normalized spacial score (nSPS) is 26.5. The van der Waals surface area contributed by atoms with E-state index in [0.717, 1.165) is 36.1 Å². The molecule has 3 fully saturated rings. The molecule has 38 heavy (non-hydrogen) atoms. The maximum Gasteiger partial charge on any atom is 0.326 e. The van der Waals surface area contributed by atoms with Gasteiger partial charge in [0, 0.05) is 57.4 Å². The van der Waals surface area contributed by atoms with Crippen molar-refractivity contribution in [1.82, 2.24) is 15.3 Å². The number of imide groups is 1. The van der Waals surface area contributed by atoms with Crippen molar-refractivity contribution in [3.8, 4) is 0 Å². The first-order valence-electron chi connectivity index (χ1n) is 13.3. The Bertz CT molecular complexity index is 1260. The van der Waals surface area contributed by atoms with Crippen LogP contribution in [0.2, 0.25) is 0 Å². The average molecular weight is 517 g/mol. The quantitative estimate of drug-likeness (QED) is 0.468. The molecular formula is C29H32N4O5. The van der Waals surface area contributed by atoms with Crippen LogP contribution in [0.4, 0.5) is 10.5 Å². The second-order valence-electron chi connectivity index (χ2n) is 10.4. The third kappa shape index (κ3) is 4.56. The van der Waals surface area contributed by atoms with Gasteiger partial charge in [-0.2, -0.15) is 0 Å². The fraction of sp³-hybridized carbons (Fsp3) is 0.414. The topological polar surface area (TPSA) is 91.4 Å². The zero-order chi connectivity index (χ0) is 26.2. The van der Waals surface area contributed by atoms with Crippen LogP contribution in [-0.4, -0.2) is 66.7 Å². The minimum Gasteiger partial charge on any atom is -0.362 e. The summed E-state index contributed by atoms with van der Waals surface area (Å²) in [5.74, 6) is -0.590. The van der Waals surface area contributed by atoms with E-state index < -0.39 is 0 Å². The maximum atomic E-state index is 13.0. The summed E-state index contributed by atoms with van der Waals surface area (Å²) in [4.78, 5) is 48.6. The molecule has 4 aliphatic heterocycles. The summed E-state index contributed by atoms with van der Waals surface area (Å²) in [7, 11) is 1.58. The second-order valence-corrected chi connectivity index (χ2v) is 10.4. The molecule has 6 rings (SSSR count). The number of urea groups is 1. The third-order valence-electron chi connectivity index (χ3n) is 8.07. The summed E-state index contributed by atoms with van der Waals surface area (Å²) in [5.41, 5.74) is 6.75. The average Bonchev–Trinajstić information content (AvgIpc) is 3.27. The number of fused-ring (bicyclic) bond motifs is 6. The van der Waals surface area contributed by atoms with Gasteiger partial charge in [0.25, 0.3) is 5.91 Å². The maximum absolute atomic E-state index is 13.0. The SMILES string of the molecule is CN1C(=O)C2CN(CC3C2c2ccccc2N3Cc2ccc(/C=C/C(=O)NOC3CCCCO3)cc2)C1=O. The van der Waals surface area contributed by atoms with Crippen LogP contribution in [-0.2, 0) is 25.7 Å². The molecule has 4 unspecified atom stereocenters.